The highest BCUT2D eigenvalue weighted by atomic mass is 32.2. The number of hydrogen-bond acceptors (Lipinski definition) is 4. The predicted octanol–water partition coefficient (Wildman–Crippen LogP) is -0.0733. The fourth-order valence-electron chi connectivity index (χ4n) is 1.63. The van der Waals surface area contributed by atoms with Gasteiger partial charge in [-0.3, -0.25) is 9.69 Å². The summed E-state index contributed by atoms with van der Waals surface area (Å²) < 4.78 is 59.3. The van der Waals surface area contributed by atoms with Gasteiger partial charge in [-0.15, -0.1) is 0 Å². The van der Waals surface area contributed by atoms with E-state index in [1.165, 1.54) is 11.8 Å². The van der Waals surface area contributed by atoms with E-state index in [4.69, 9.17) is 5.11 Å². The molecule has 6 nitrogen and oxygen atoms in total. The molecule has 1 atom stereocenters. The molecule has 1 aliphatic heterocycles. The number of hydrogen-bond donors (Lipinski definition) is 1. The van der Waals surface area contributed by atoms with Gasteiger partial charge in [0.2, 0.25) is 0 Å². The van der Waals surface area contributed by atoms with Gasteiger partial charge in [-0.2, -0.15) is 17.5 Å². The fourth-order valence-corrected chi connectivity index (χ4v) is 2.57. The molecule has 18 heavy (non-hydrogen) atoms. The van der Waals surface area contributed by atoms with E-state index < -0.39 is 27.5 Å². The smallest absolute Gasteiger partial charge is 0.480 e. The highest BCUT2D eigenvalue weighted by Crippen LogP contribution is 2.27. The van der Waals surface area contributed by atoms with E-state index >= 15 is 0 Å². The monoisotopic (exact) mass is 290 g/mol. The summed E-state index contributed by atoms with van der Waals surface area (Å²) in [6, 6.07) is -0.847. The zero-order chi connectivity index (χ0) is 14.1. The molecule has 0 aliphatic carbocycles. The van der Waals surface area contributed by atoms with Crippen LogP contribution >= 0.6 is 0 Å². The van der Waals surface area contributed by atoms with Crippen LogP contribution in [0.2, 0.25) is 0 Å². The molecule has 0 spiro atoms. The molecule has 1 saturated heterocycles. The lowest BCUT2D eigenvalue weighted by molar-refractivity contribution is -0.143. The Morgan fingerprint density at radius 1 is 1.22 bits per heavy atom. The van der Waals surface area contributed by atoms with E-state index in [1.54, 1.807) is 0 Å². The van der Waals surface area contributed by atoms with Crippen molar-refractivity contribution in [3.8, 4) is 0 Å². The fraction of sp³-hybridized carbons (Fsp3) is 0.875. The van der Waals surface area contributed by atoms with Crippen LogP contribution in [-0.2, 0) is 14.8 Å². The molecule has 0 amide bonds. The van der Waals surface area contributed by atoms with Gasteiger partial charge in [0.25, 0.3) is 0 Å². The molecule has 106 valence electrons. The SMILES string of the molecule is CC(C(=O)O)N1CCN(S(=O)(=O)C(F)(F)F)CC1. The molecule has 0 aromatic heterocycles. The maximum Gasteiger partial charge on any atom is 0.511 e. The van der Waals surface area contributed by atoms with Crippen LogP contribution in [0.25, 0.3) is 0 Å². The molecule has 0 aromatic carbocycles. The third-order valence-electron chi connectivity index (χ3n) is 2.81. The molecule has 0 saturated carbocycles. The Kier molecular flexibility index (Phi) is 4.23. The summed E-state index contributed by atoms with van der Waals surface area (Å²) in [7, 11) is -5.31. The van der Waals surface area contributed by atoms with Crippen molar-refractivity contribution in [3.63, 3.8) is 0 Å². The van der Waals surface area contributed by atoms with Gasteiger partial charge in [-0.1, -0.05) is 0 Å². The van der Waals surface area contributed by atoms with Crippen LogP contribution in [0.4, 0.5) is 13.2 Å². The van der Waals surface area contributed by atoms with Crippen LogP contribution < -0.4 is 0 Å². The minimum absolute atomic E-state index is 0.0389. The van der Waals surface area contributed by atoms with Crippen molar-refractivity contribution in [3.05, 3.63) is 0 Å². The maximum absolute atomic E-state index is 12.3. The average molecular weight is 290 g/mol. The third-order valence-corrected chi connectivity index (χ3v) is 4.44. The van der Waals surface area contributed by atoms with Crippen molar-refractivity contribution >= 4 is 16.0 Å². The lowest BCUT2D eigenvalue weighted by Crippen LogP contribution is -2.55. The first-order valence-electron chi connectivity index (χ1n) is 5.10. The minimum Gasteiger partial charge on any atom is -0.480 e. The van der Waals surface area contributed by atoms with E-state index in [1.807, 2.05) is 0 Å². The third kappa shape index (κ3) is 2.93. The number of aliphatic carboxylic acids is 1. The van der Waals surface area contributed by atoms with Crippen molar-refractivity contribution in [2.75, 3.05) is 26.2 Å². The van der Waals surface area contributed by atoms with Crippen molar-refractivity contribution in [1.29, 1.82) is 0 Å². The average Bonchev–Trinajstić information content (AvgIpc) is 2.26. The van der Waals surface area contributed by atoms with Gasteiger partial charge in [0, 0.05) is 26.2 Å². The van der Waals surface area contributed by atoms with Crippen LogP contribution in [0.15, 0.2) is 0 Å². The second-order valence-corrected chi connectivity index (χ2v) is 5.83. The van der Waals surface area contributed by atoms with Gasteiger partial charge in [0.05, 0.1) is 0 Å². The standard InChI is InChI=1S/C8H13F3N2O4S/c1-6(7(14)15)12-2-4-13(5-3-12)18(16,17)8(9,10)11/h6H,2-5H2,1H3,(H,14,15). The number of alkyl halides is 3. The van der Waals surface area contributed by atoms with E-state index in [-0.39, 0.29) is 26.2 Å². The molecule has 0 bridgehead atoms. The number of carboxylic acids is 1. The van der Waals surface area contributed by atoms with Gasteiger partial charge >= 0.3 is 21.5 Å². The molecule has 1 aliphatic rings. The van der Waals surface area contributed by atoms with Gasteiger partial charge in [0.1, 0.15) is 6.04 Å². The molecule has 0 aromatic rings. The lowest BCUT2D eigenvalue weighted by atomic mass is 10.2. The number of halogens is 3. The van der Waals surface area contributed by atoms with Crippen LogP contribution in [0.5, 0.6) is 0 Å². The summed E-state index contributed by atoms with van der Waals surface area (Å²) in [5.41, 5.74) is -5.31. The quantitative estimate of drug-likeness (QED) is 0.787. The zero-order valence-corrected chi connectivity index (χ0v) is 10.3. The summed E-state index contributed by atoms with van der Waals surface area (Å²) in [4.78, 5) is 12.1. The maximum atomic E-state index is 12.3. The topological polar surface area (TPSA) is 77.9 Å². The van der Waals surface area contributed by atoms with Crippen molar-refractivity contribution in [2.24, 2.45) is 0 Å². The molecule has 1 rings (SSSR count). The highest BCUT2D eigenvalue weighted by Gasteiger charge is 2.50. The molecule has 0 radical (unpaired) electrons. The van der Waals surface area contributed by atoms with E-state index in [0.29, 0.717) is 4.31 Å². The molecular weight excluding hydrogens is 277 g/mol. The first-order valence-corrected chi connectivity index (χ1v) is 6.54. The molecule has 1 heterocycles. The van der Waals surface area contributed by atoms with Gasteiger partial charge in [0.15, 0.2) is 0 Å². The lowest BCUT2D eigenvalue weighted by Gasteiger charge is -2.35. The van der Waals surface area contributed by atoms with Crippen LogP contribution in [0.1, 0.15) is 6.92 Å². The predicted molar refractivity (Wildman–Crippen MR) is 55.2 cm³/mol. The summed E-state index contributed by atoms with van der Waals surface area (Å²) in [5.74, 6) is -1.10. The Morgan fingerprint density at radius 3 is 2.00 bits per heavy atom. The van der Waals surface area contributed by atoms with Crippen LogP contribution in [-0.4, -0.2) is 66.4 Å². The minimum atomic E-state index is -5.31. The molecule has 1 N–H and O–H groups in total. The van der Waals surface area contributed by atoms with Crippen LogP contribution in [0, 0.1) is 0 Å². The Labute approximate surface area is 102 Å². The van der Waals surface area contributed by atoms with E-state index in [0.717, 1.165) is 0 Å². The summed E-state index contributed by atoms with van der Waals surface area (Å²) in [6.45, 7) is 0.598. The molecular formula is C8H13F3N2O4S. The van der Waals surface area contributed by atoms with Crippen molar-refractivity contribution in [1.82, 2.24) is 9.21 Å². The number of carbonyl (C=O) groups is 1. The molecule has 10 heteroatoms. The number of rotatable bonds is 3. The first kappa shape index (κ1) is 15.2. The largest absolute Gasteiger partial charge is 0.511 e. The van der Waals surface area contributed by atoms with Crippen LogP contribution in [0.3, 0.4) is 0 Å². The summed E-state index contributed by atoms with van der Waals surface area (Å²) in [5, 5.41) is 8.74. The zero-order valence-electron chi connectivity index (χ0n) is 9.51. The van der Waals surface area contributed by atoms with Gasteiger partial charge in [-0.05, 0) is 6.92 Å². The normalized spacial score (nSPS) is 21.8. The number of carboxylic acid groups (broad SMARTS) is 1. The van der Waals surface area contributed by atoms with Crippen molar-refractivity contribution < 1.29 is 31.5 Å². The Balaban J connectivity index is 2.68. The van der Waals surface area contributed by atoms with Crippen molar-refractivity contribution in [2.45, 2.75) is 18.5 Å². The summed E-state index contributed by atoms with van der Waals surface area (Å²) >= 11 is 0. The van der Waals surface area contributed by atoms with Gasteiger partial charge in [-0.25, -0.2) is 8.42 Å². The number of sulfonamides is 1. The summed E-state index contributed by atoms with van der Waals surface area (Å²) in [6.07, 6.45) is 0. The Morgan fingerprint density at radius 2 is 1.67 bits per heavy atom. The Bertz CT molecular complexity index is 415. The van der Waals surface area contributed by atoms with Gasteiger partial charge < -0.3 is 5.11 Å². The second-order valence-electron chi connectivity index (χ2n) is 3.90. The van der Waals surface area contributed by atoms with E-state index in [9.17, 15) is 26.4 Å². The number of piperazine rings is 1. The first-order chi connectivity index (χ1) is 8.07. The molecule has 1 unspecified atom stereocenters. The second kappa shape index (κ2) is 5.02. The van der Waals surface area contributed by atoms with E-state index in [2.05, 4.69) is 0 Å². The highest BCUT2D eigenvalue weighted by molar-refractivity contribution is 7.90. The molecule has 1 fully saturated rings. The number of nitrogens with zero attached hydrogens (tertiary/aromatic N) is 2. The Hall–Kier alpha value is -0.870.